The van der Waals surface area contributed by atoms with Crippen molar-refractivity contribution in [1.82, 2.24) is 15.5 Å². The molecule has 0 radical (unpaired) electrons. The summed E-state index contributed by atoms with van der Waals surface area (Å²) in [7, 11) is 0. The van der Waals surface area contributed by atoms with Crippen molar-refractivity contribution in [1.29, 1.82) is 0 Å². The summed E-state index contributed by atoms with van der Waals surface area (Å²) in [6.07, 6.45) is 5.32. The number of aryl methyl sites for hydroxylation is 2. The first kappa shape index (κ1) is 28.7. The number of hydrogen-bond acceptors (Lipinski definition) is 4. The van der Waals surface area contributed by atoms with Gasteiger partial charge in [0, 0.05) is 12.1 Å². The first-order valence-corrected chi connectivity index (χ1v) is 13.0. The Morgan fingerprint density at radius 1 is 1.06 bits per heavy atom. The van der Waals surface area contributed by atoms with Crippen LogP contribution in [0.2, 0.25) is 0 Å². The molecule has 1 aliphatic carbocycles. The number of rotatable bonds is 8. The van der Waals surface area contributed by atoms with Crippen molar-refractivity contribution < 1.29 is 19.1 Å². The molecule has 35 heavy (non-hydrogen) atoms. The quantitative estimate of drug-likeness (QED) is 0.518. The second kappa shape index (κ2) is 12.4. The molecule has 196 valence electrons. The highest BCUT2D eigenvalue weighted by Gasteiger charge is 2.38. The van der Waals surface area contributed by atoms with E-state index in [0.717, 1.165) is 42.4 Å². The molecule has 0 saturated heterocycles. The second-order valence-corrected chi connectivity index (χ2v) is 11.0. The van der Waals surface area contributed by atoms with E-state index >= 15 is 0 Å². The predicted molar refractivity (Wildman–Crippen MR) is 139 cm³/mol. The maximum absolute atomic E-state index is 13.8. The minimum Gasteiger partial charge on any atom is -0.444 e. The Bertz CT molecular complexity index is 887. The third-order valence-corrected chi connectivity index (χ3v) is 6.75. The molecule has 3 amide bonds. The van der Waals surface area contributed by atoms with E-state index in [1.54, 1.807) is 32.6 Å². The molecule has 3 atom stereocenters. The van der Waals surface area contributed by atoms with E-state index in [0.29, 0.717) is 6.42 Å². The van der Waals surface area contributed by atoms with Crippen LogP contribution in [0, 0.1) is 13.8 Å². The van der Waals surface area contributed by atoms with E-state index in [9.17, 15) is 14.4 Å². The zero-order valence-electron chi connectivity index (χ0n) is 22.9. The van der Waals surface area contributed by atoms with Crippen molar-refractivity contribution in [2.45, 2.75) is 124 Å². The van der Waals surface area contributed by atoms with Crippen molar-refractivity contribution >= 4 is 17.9 Å². The van der Waals surface area contributed by atoms with Crippen LogP contribution in [0.15, 0.2) is 18.2 Å². The SMILES string of the molecule is CCC(C)N(C(=O)C(C)NC(=O)OC(C)(C)C)C(C(=O)NC1CCCCC1)c1ccc(C)c(C)c1. The number of amides is 3. The molecule has 0 aromatic heterocycles. The molecule has 0 bridgehead atoms. The molecule has 7 heteroatoms. The van der Waals surface area contributed by atoms with E-state index in [1.807, 2.05) is 45.9 Å². The number of nitrogens with one attached hydrogen (secondary N) is 2. The van der Waals surface area contributed by atoms with Crippen LogP contribution in [-0.2, 0) is 14.3 Å². The van der Waals surface area contributed by atoms with Gasteiger partial charge in [0.25, 0.3) is 0 Å². The van der Waals surface area contributed by atoms with Crippen LogP contribution in [0.4, 0.5) is 4.79 Å². The molecule has 0 spiro atoms. The average molecular weight is 488 g/mol. The molecule has 0 aliphatic heterocycles. The van der Waals surface area contributed by atoms with Crippen LogP contribution in [0.5, 0.6) is 0 Å². The minimum atomic E-state index is -0.852. The summed E-state index contributed by atoms with van der Waals surface area (Å²) in [6.45, 7) is 14.9. The molecular formula is C28H45N3O4. The molecule has 1 aromatic carbocycles. The maximum Gasteiger partial charge on any atom is 0.408 e. The van der Waals surface area contributed by atoms with Gasteiger partial charge in [-0.25, -0.2) is 4.79 Å². The standard InChI is InChI=1S/C28H45N3O4/c1-9-20(4)31(26(33)21(5)29-27(34)35-28(6,7)8)24(22-16-15-18(2)19(3)17-22)25(32)30-23-13-11-10-12-14-23/h15-17,20-21,23-24H,9-14H2,1-8H3,(H,29,34)(H,30,32). The van der Waals surface area contributed by atoms with Crippen LogP contribution in [0.25, 0.3) is 0 Å². The Balaban J connectivity index is 2.41. The van der Waals surface area contributed by atoms with Gasteiger partial charge < -0.3 is 20.3 Å². The second-order valence-electron chi connectivity index (χ2n) is 11.0. The Labute approximate surface area is 211 Å². The molecule has 3 unspecified atom stereocenters. The van der Waals surface area contributed by atoms with Crippen LogP contribution in [0.3, 0.4) is 0 Å². The highest BCUT2D eigenvalue weighted by molar-refractivity contribution is 5.92. The van der Waals surface area contributed by atoms with E-state index in [1.165, 1.54) is 6.42 Å². The van der Waals surface area contributed by atoms with Crippen LogP contribution < -0.4 is 10.6 Å². The Hall–Kier alpha value is -2.57. The van der Waals surface area contributed by atoms with Crippen molar-refractivity contribution in [3.05, 3.63) is 34.9 Å². The maximum atomic E-state index is 13.8. The number of carbonyl (C=O) groups excluding carboxylic acids is 3. The largest absolute Gasteiger partial charge is 0.444 e. The molecule has 1 aromatic rings. The molecule has 0 heterocycles. The lowest BCUT2D eigenvalue weighted by Gasteiger charge is -2.38. The summed E-state index contributed by atoms with van der Waals surface area (Å²) in [5.41, 5.74) is 2.29. The summed E-state index contributed by atoms with van der Waals surface area (Å²) >= 11 is 0. The Morgan fingerprint density at radius 3 is 2.23 bits per heavy atom. The van der Waals surface area contributed by atoms with Crippen molar-refractivity contribution in [2.24, 2.45) is 0 Å². The Kier molecular flexibility index (Phi) is 10.2. The third-order valence-electron chi connectivity index (χ3n) is 6.75. The lowest BCUT2D eigenvalue weighted by atomic mass is 9.93. The monoisotopic (exact) mass is 487 g/mol. The fraction of sp³-hybridized carbons (Fsp3) is 0.679. The van der Waals surface area contributed by atoms with Crippen LogP contribution in [-0.4, -0.2) is 46.5 Å². The van der Waals surface area contributed by atoms with Gasteiger partial charge in [-0.3, -0.25) is 9.59 Å². The van der Waals surface area contributed by atoms with E-state index in [-0.39, 0.29) is 23.9 Å². The van der Waals surface area contributed by atoms with Crippen molar-refractivity contribution in [3.63, 3.8) is 0 Å². The minimum absolute atomic E-state index is 0.122. The van der Waals surface area contributed by atoms with E-state index in [4.69, 9.17) is 4.74 Å². The lowest BCUT2D eigenvalue weighted by Crippen LogP contribution is -2.55. The molecule has 1 aliphatic rings. The molecule has 7 nitrogen and oxygen atoms in total. The normalized spacial score (nSPS) is 17.1. The summed E-state index contributed by atoms with van der Waals surface area (Å²) in [5.74, 6) is -0.481. The third kappa shape index (κ3) is 8.25. The summed E-state index contributed by atoms with van der Waals surface area (Å²) < 4.78 is 5.35. The number of carbonyl (C=O) groups is 3. The van der Waals surface area contributed by atoms with Gasteiger partial charge in [0.2, 0.25) is 11.8 Å². The lowest BCUT2D eigenvalue weighted by molar-refractivity contribution is -0.145. The fourth-order valence-corrected chi connectivity index (χ4v) is 4.47. The van der Waals surface area contributed by atoms with Gasteiger partial charge in [-0.2, -0.15) is 0 Å². The van der Waals surface area contributed by atoms with Gasteiger partial charge >= 0.3 is 6.09 Å². The van der Waals surface area contributed by atoms with Gasteiger partial charge in [0.15, 0.2) is 0 Å². The highest BCUT2D eigenvalue weighted by Crippen LogP contribution is 2.29. The predicted octanol–water partition coefficient (Wildman–Crippen LogP) is 5.33. The van der Waals surface area contributed by atoms with Crippen molar-refractivity contribution in [2.75, 3.05) is 0 Å². The number of ether oxygens (including phenoxy) is 1. The topological polar surface area (TPSA) is 87.7 Å². The molecule has 2 N–H and O–H groups in total. The fourth-order valence-electron chi connectivity index (χ4n) is 4.47. The van der Waals surface area contributed by atoms with E-state index in [2.05, 4.69) is 10.6 Å². The zero-order valence-corrected chi connectivity index (χ0v) is 22.9. The number of nitrogens with zero attached hydrogens (tertiary/aromatic N) is 1. The van der Waals surface area contributed by atoms with Crippen molar-refractivity contribution in [3.8, 4) is 0 Å². The van der Waals surface area contributed by atoms with Crippen LogP contribution >= 0.6 is 0 Å². The molecule has 1 fully saturated rings. The highest BCUT2D eigenvalue weighted by atomic mass is 16.6. The first-order chi connectivity index (χ1) is 16.3. The molecular weight excluding hydrogens is 442 g/mol. The Morgan fingerprint density at radius 2 is 1.69 bits per heavy atom. The summed E-state index contributed by atoms with van der Waals surface area (Å²) in [5, 5.41) is 5.89. The smallest absolute Gasteiger partial charge is 0.408 e. The van der Waals surface area contributed by atoms with Gasteiger partial charge in [0.05, 0.1) is 0 Å². The van der Waals surface area contributed by atoms with Gasteiger partial charge in [-0.15, -0.1) is 0 Å². The molecule has 1 saturated carbocycles. The zero-order chi connectivity index (χ0) is 26.3. The average Bonchev–Trinajstić information content (AvgIpc) is 2.77. The first-order valence-electron chi connectivity index (χ1n) is 13.0. The molecule has 2 rings (SSSR count). The summed E-state index contributed by atoms with van der Waals surface area (Å²) in [6, 6.07) is 4.19. The van der Waals surface area contributed by atoms with Gasteiger partial charge in [-0.05, 0) is 84.4 Å². The van der Waals surface area contributed by atoms with Gasteiger partial charge in [0.1, 0.15) is 17.7 Å². The number of benzene rings is 1. The van der Waals surface area contributed by atoms with Crippen LogP contribution in [0.1, 0.15) is 103 Å². The van der Waals surface area contributed by atoms with Gasteiger partial charge in [-0.1, -0.05) is 44.4 Å². The van der Waals surface area contributed by atoms with E-state index < -0.39 is 23.8 Å². The number of alkyl carbamates (subject to hydrolysis) is 1. The number of hydrogen-bond donors (Lipinski definition) is 2. The summed E-state index contributed by atoms with van der Waals surface area (Å²) in [4.78, 5) is 41.6.